The third kappa shape index (κ3) is 7.93. The number of amides is 2. The lowest BCUT2D eigenvalue weighted by Gasteiger charge is -2.35. The molecular formula is C28H43N5O5. The SMILES string of the molecule is CC(C)(C)C[C@@H](NC(=O)OCc1ccccc1)C(=O)N1CCC[C@H]1C(=O)C(N)C1CCC(/C(N)=N\O)CC1. The Morgan fingerprint density at radius 2 is 1.79 bits per heavy atom. The number of rotatable bonds is 9. The van der Waals surface area contributed by atoms with Crippen molar-refractivity contribution in [3.8, 4) is 0 Å². The van der Waals surface area contributed by atoms with Gasteiger partial charge in [0.2, 0.25) is 5.91 Å². The van der Waals surface area contributed by atoms with Crippen LogP contribution in [0.4, 0.5) is 4.79 Å². The number of ketones is 1. The number of likely N-dealkylation sites (tertiary alicyclic amines) is 1. The number of carbonyl (C=O) groups is 3. The summed E-state index contributed by atoms with van der Waals surface area (Å²) in [6.07, 6.45) is 3.80. The smallest absolute Gasteiger partial charge is 0.408 e. The monoisotopic (exact) mass is 529 g/mol. The molecule has 6 N–H and O–H groups in total. The topological polar surface area (TPSA) is 160 Å². The van der Waals surface area contributed by atoms with Crippen molar-refractivity contribution in [3.63, 3.8) is 0 Å². The summed E-state index contributed by atoms with van der Waals surface area (Å²) in [5, 5.41) is 14.8. The second-order valence-electron chi connectivity index (χ2n) is 11.8. The van der Waals surface area contributed by atoms with Crippen molar-refractivity contribution in [2.24, 2.45) is 33.9 Å². The normalized spacial score (nSPS) is 23.9. The summed E-state index contributed by atoms with van der Waals surface area (Å²) in [5.74, 6) is -0.219. The van der Waals surface area contributed by atoms with Crippen LogP contribution < -0.4 is 16.8 Å². The first-order valence-corrected chi connectivity index (χ1v) is 13.5. The molecule has 1 aliphatic heterocycles. The third-order valence-corrected chi connectivity index (χ3v) is 7.63. The maximum absolute atomic E-state index is 13.7. The largest absolute Gasteiger partial charge is 0.445 e. The molecule has 2 aliphatic rings. The molecular weight excluding hydrogens is 486 g/mol. The molecule has 1 aromatic rings. The van der Waals surface area contributed by atoms with Crippen LogP contribution in [0.3, 0.4) is 0 Å². The highest BCUT2D eigenvalue weighted by Gasteiger charge is 2.42. The molecule has 1 saturated carbocycles. The van der Waals surface area contributed by atoms with Crippen molar-refractivity contribution in [2.75, 3.05) is 6.54 Å². The zero-order chi connectivity index (χ0) is 27.9. The lowest BCUT2D eigenvalue weighted by Crippen LogP contribution is -2.56. The molecule has 210 valence electrons. The van der Waals surface area contributed by atoms with Gasteiger partial charge in [0.15, 0.2) is 5.78 Å². The quantitative estimate of drug-likeness (QED) is 0.165. The minimum absolute atomic E-state index is 0.00557. The van der Waals surface area contributed by atoms with Gasteiger partial charge in [0.25, 0.3) is 0 Å². The number of Topliss-reactive ketones (excluding diaryl/α,β-unsaturated/α-hetero) is 1. The zero-order valence-corrected chi connectivity index (χ0v) is 22.8. The van der Waals surface area contributed by atoms with E-state index in [2.05, 4.69) is 10.5 Å². The van der Waals surface area contributed by atoms with Crippen molar-refractivity contribution in [1.29, 1.82) is 0 Å². The standard InChI is InChI=1S/C28H43N5O5/c1-28(2,3)16-21(31-27(36)38-17-18-8-5-4-6-9-18)26(35)33-15-7-10-22(33)24(34)23(29)19-11-13-20(14-12-19)25(30)32-37/h4-6,8-9,19-23,37H,7,10-17,29H2,1-3H3,(H2,30,32)(H,31,36)/t19?,20?,21-,22+,23?/m1/s1. The molecule has 3 atom stereocenters. The van der Waals surface area contributed by atoms with Gasteiger partial charge in [-0.15, -0.1) is 0 Å². The van der Waals surface area contributed by atoms with Crippen LogP contribution in [0, 0.1) is 17.3 Å². The fraction of sp³-hybridized carbons (Fsp3) is 0.643. The Labute approximate surface area is 225 Å². The number of oxime groups is 1. The van der Waals surface area contributed by atoms with E-state index in [1.807, 2.05) is 51.1 Å². The van der Waals surface area contributed by atoms with Crippen molar-refractivity contribution in [2.45, 2.75) is 90.4 Å². The van der Waals surface area contributed by atoms with Gasteiger partial charge >= 0.3 is 6.09 Å². The van der Waals surface area contributed by atoms with Crippen LogP contribution in [0.25, 0.3) is 0 Å². The van der Waals surface area contributed by atoms with Gasteiger partial charge < -0.3 is 31.6 Å². The zero-order valence-electron chi connectivity index (χ0n) is 22.8. The molecule has 0 aromatic heterocycles. The Hall–Kier alpha value is -3.14. The predicted octanol–water partition coefficient (Wildman–Crippen LogP) is 3.16. The molecule has 38 heavy (non-hydrogen) atoms. The number of amidine groups is 1. The summed E-state index contributed by atoms with van der Waals surface area (Å²) in [4.78, 5) is 41.4. The number of hydrogen-bond acceptors (Lipinski definition) is 7. The van der Waals surface area contributed by atoms with Crippen molar-refractivity contribution < 1.29 is 24.3 Å². The van der Waals surface area contributed by atoms with Crippen LogP contribution in [-0.4, -0.2) is 58.4 Å². The fourth-order valence-corrected chi connectivity index (χ4v) is 5.56. The van der Waals surface area contributed by atoms with Crippen molar-refractivity contribution in [1.82, 2.24) is 10.2 Å². The molecule has 1 unspecified atom stereocenters. The molecule has 10 heteroatoms. The Kier molecular flexibility index (Phi) is 10.1. The van der Waals surface area contributed by atoms with Gasteiger partial charge in [0.1, 0.15) is 18.5 Å². The van der Waals surface area contributed by atoms with Gasteiger partial charge in [-0.3, -0.25) is 9.59 Å². The molecule has 1 aliphatic carbocycles. The van der Waals surface area contributed by atoms with E-state index in [1.54, 1.807) is 4.90 Å². The van der Waals surface area contributed by atoms with Crippen LogP contribution >= 0.6 is 0 Å². The van der Waals surface area contributed by atoms with Gasteiger partial charge in [-0.2, -0.15) is 0 Å². The van der Waals surface area contributed by atoms with E-state index in [-0.39, 0.29) is 41.4 Å². The lowest BCUT2D eigenvalue weighted by atomic mass is 9.76. The molecule has 10 nitrogen and oxygen atoms in total. The van der Waals surface area contributed by atoms with Crippen LogP contribution in [-0.2, 0) is 20.9 Å². The van der Waals surface area contributed by atoms with E-state index in [9.17, 15) is 14.4 Å². The number of nitrogens with one attached hydrogen (secondary N) is 1. The third-order valence-electron chi connectivity index (χ3n) is 7.63. The molecule has 0 bridgehead atoms. The number of alkyl carbamates (subject to hydrolysis) is 1. The number of hydrogen-bond donors (Lipinski definition) is 4. The van der Waals surface area contributed by atoms with Gasteiger partial charge in [-0.05, 0) is 61.8 Å². The molecule has 1 heterocycles. The molecule has 2 fully saturated rings. The highest BCUT2D eigenvalue weighted by molar-refractivity contribution is 5.95. The molecule has 2 amide bonds. The Bertz CT molecular complexity index is 985. The molecule has 1 aromatic carbocycles. The highest BCUT2D eigenvalue weighted by Crippen LogP contribution is 2.33. The molecule has 0 radical (unpaired) electrons. The van der Waals surface area contributed by atoms with E-state index >= 15 is 0 Å². The Balaban J connectivity index is 1.64. The van der Waals surface area contributed by atoms with Crippen LogP contribution in [0.1, 0.15) is 71.3 Å². The number of nitrogens with two attached hydrogens (primary N) is 2. The first kappa shape index (κ1) is 29.4. The average Bonchev–Trinajstić information content (AvgIpc) is 3.39. The van der Waals surface area contributed by atoms with E-state index < -0.39 is 24.2 Å². The summed E-state index contributed by atoms with van der Waals surface area (Å²) in [5.41, 5.74) is 12.8. The molecule has 3 rings (SSSR count). The number of carbonyl (C=O) groups excluding carboxylic acids is 3. The van der Waals surface area contributed by atoms with Crippen molar-refractivity contribution >= 4 is 23.6 Å². The fourth-order valence-electron chi connectivity index (χ4n) is 5.56. The first-order valence-electron chi connectivity index (χ1n) is 13.5. The van der Waals surface area contributed by atoms with Crippen LogP contribution in [0.5, 0.6) is 0 Å². The number of nitrogens with zero attached hydrogens (tertiary/aromatic N) is 2. The minimum Gasteiger partial charge on any atom is -0.445 e. The van der Waals surface area contributed by atoms with Gasteiger partial charge in [0.05, 0.1) is 12.1 Å². The second-order valence-corrected chi connectivity index (χ2v) is 11.8. The van der Waals surface area contributed by atoms with Crippen LogP contribution in [0.2, 0.25) is 0 Å². The average molecular weight is 530 g/mol. The van der Waals surface area contributed by atoms with Crippen molar-refractivity contribution in [3.05, 3.63) is 35.9 Å². The van der Waals surface area contributed by atoms with E-state index in [0.717, 1.165) is 5.56 Å². The van der Waals surface area contributed by atoms with Gasteiger partial charge in [-0.25, -0.2) is 4.79 Å². The Morgan fingerprint density at radius 3 is 2.39 bits per heavy atom. The van der Waals surface area contributed by atoms with E-state index in [1.165, 1.54) is 0 Å². The van der Waals surface area contributed by atoms with Gasteiger partial charge in [-0.1, -0.05) is 56.3 Å². The number of ether oxygens (including phenoxy) is 1. The molecule has 1 saturated heterocycles. The number of benzene rings is 1. The summed E-state index contributed by atoms with van der Waals surface area (Å²) >= 11 is 0. The summed E-state index contributed by atoms with van der Waals surface area (Å²) in [6.45, 7) is 6.53. The lowest BCUT2D eigenvalue weighted by molar-refractivity contribution is -0.140. The maximum atomic E-state index is 13.7. The molecule has 0 spiro atoms. The minimum atomic E-state index is -0.820. The second kappa shape index (κ2) is 13.1. The summed E-state index contributed by atoms with van der Waals surface area (Å²) in [7, 11) is 0. The van der Waals surface area contributed by atoms with E-state index in [4.69, 9.17) is 21.4 Å². The Morgan fingerprint density at radius 1 is 1.13 bits per heavy atom. The highest BCUT2D eigenvalue weighted by atomic mass is 16.5. The van der Waals surface area contributed by atoms with E-state index in [0.29, 0.717) is 51.5 Å². The van der Waals surface area contributed by atoms with Crippen LogP contribution in [0.15, 0.2) is 35.5 Å². The predicted molar refractivity (Wildman–Crippen MR) is 144 cm³/mol. The summed E-state index contributed by atoms with van der Waals surface area (Å²) in [6, 6.07) is 7.21. The maximum Gasteiger partial charge on any atom is 0.408 e. The van der Waals surface area contributed by atoms with Gasteiger partial charge in [0, 0.05) is 12.5 Å². The summed E-state index contributed by atoms with van der Waals surface area (Å²) < 4.78 is 5.37. The first-order chi connectivity index (χ1) is 18.0.